The molecule has 2 unspecified atom stereocenters. The van der Waals surface area contributed by atoms with E-state index in [9.17, 15) is 19.0 Å². The quantitative estimate of drug-likeness (QED) is 0.539. The molecular formula is C18H18N3O5P. The van der Waals surface area contributed by atoms with E-state index in [-0.39, 0.29) is 17.4 Å². The van der Waals surface area contributed by atoms with Gasteiger partial charge in [0, 0.05) is 5.30 Å². The summed E-state index contributed by atoms with van der Waals surface area (Å²) in [5, 5.41) is 11.5. The van der Waals surface area contributed by atoms with Crippen LogP contribution >= 0.6 is 7.37 Å². The van der Waals surface area contributed by atoms with Crippen molar-refractivity contribution in [2.75, 3.05) is 0 Å². The van der Waals surface area contributed by atoms with E-state index in [1.807, 2.05) is 0 Å². The summed E-state index contributed by atoms with van der Waals surface area (Å²) in [6.07, 6.45) is 0. The summed E-state index contributed by atoms with van der Waals surface area (Å²) >= 11 is 0. The van der Waals surface area contributed by atoms with Crippen molar-refractivity contribution in [3.8, 4) is 0 Å². The number of carbonyl (C=O) groups is 2. The van der Waals surface area contributed by atoms with Gasteiger partial charge in [0.05, 0.1) is 11.0 Å². The summed E-state index contributed by atoms with van der Waals surface area (Å²) in [5.41, 5.74) is 0.848. The Kier molecular flexibility index (Phi) is 5.12. The molecule has 0 radical (unpaired) electrons. The average molecular weight is 387 g/mol. The molecule has 140 valence electrons. The van der Waals surface area contributed by atoms with E-state index in [0.29, 0.717) is 11.0 Å². The fourth-order valence-electron chi connectivity index (χ4n) is 2.69. The summed E-state index contributed by atoms with van der Waals surface area (Å²) in [6.45, 7) is 1.01. The van der Waals surface area contributed by atoms with Crippen molar-refractivity contribution < 1.29 is 24.2 Å². The smallest absolute Gasteiger partial charge is 0.325 e. The van der Waals surface area contributed by atoms with Crippen molar-refractivity contribution in [1.29, 1.82) is 0 Å². The molecule has 3 aromatic rings. The van der Waals surface area contributed by atoms with Crippen molar-refractivity contribution in [1.82, 2.24) is 14.9 Å². The second-order valence-corrected chi connectivity index (χ2v) is 8.09. The number of rotatable bonds is 6. The second-order valence-electron chi connectivity index (χ2n) is 6.03. The molecule has 0 fully saturated rings. The Morgan fingerprint density at radius 1 is 1.15 bits per heavy atom. The number of benzene rings is 2. The first-order valence-corrected chi connectivity index (χ1v) is 9.83. The maximum Gasteiger partial charge on any atom is 0.325 e. The molecule has 0 spiro atoms. The highest BCUT2D eigenvalue weighted by Crippen LogP contribution is 2.38. The highest BCUT2D eigenvalue weighted by Gasteiger charge is 2.32. The summed E-state index contributed by atoms with van der Waals surface area (Å²) in [4.78, 5) is 38.3. The van der Waals surface area contributed by atoms with Crippen molar-refractivity contribution in [2.45, 2.75) is 19.5 Å². The third-order valence-electron chi connectivity index (χ3n) is 4.06. The number of hydrogen-bond acceptors (Lipinski definition) is 4. The van der Waals surface area contributed by atoms with Gasteiger partial charge in [-0.25, -0.2) is 4.98 Å². The number of nitrogens with one attached hydrogen (secondary N) is 1. The molecule has 9 heteroatoms. The van der Waals surface area contributed by atoms with Crippen LogP contribution in [-0.2, 0) is 20.7 Å². The maximum absolute atomic E-state index is 13.2. The molecule has 27 heavy (non-hydrogen) atoms. The Morgan fingerprint density at radius 3 is 2.44 bits per heavy atom. The van der Waals surface area contributed by atoms with E-state index in [2.05, 4.69) is 10.3 Å². The van der Waals surface area contributed by atoms with E-state index in [1.165, 1.54) is 23.6 Å². The van der Waals surface area contributed by atoms with E-state index >= 15 is 0 Å². The van der Waals surface area contributed by atoms with Gasteiger partial charge in [-0.05, 0) is 31.2 Å². The number of amides is 1. The first-order chi connectivity index (χ1) is 12.8. The highest BCUT2D eigenvalue weighted by molar-refractivity contribution is 7.73. The van der Waals surface area contributed by atoms with Gasteiger partial charge in [-0.2, -0.15) is 0 Å². The van der Waals surface area contributed by atoms with Crippen LogP contribution in [0, 0.1) is 0 Å². The molecule has 1 aromatic heterocycles. The van der Waals surface area contributed by atoms with Gasteiger partial charge < -0.3 is 19.9 Å². The van der Waals surface area contributed by atoms with E-state index in [0.717, 1.165) is 0 Å². The van der Waals surface area contributed by atoms with Crippen LogP contribution in [0.3, 0.4) is 0 Å². The fraction of sp³-hybridized carbons (Fsp3) is 0.167. The Labute approximate surface area is 154 Å². The van der Waals surface area contributed by atoms with Crippen LogP contribution < -0.4 is 16.2 Å². The third kappa shape index (κ3) is 3.77. The van der Waals surface area contributed by atoms with Gasteiger partial charge in [0.25, 0.3) is 7.37 Å². The minimum atomic E-state index is -4.06. The SMILES string of the molecule is CC(NC(=O)Cn1c(P(=O)(O)c2ccccc2)nc2ccccc21)C(=O)O. The molecule has 0 aliphatic carbocycles. The maximum atomic E-state index is 13.2. The molecule has 0 aliphatic rings. The fourth-order valence-corrected chi connectivity index (χ4v) is 4.24. The topological polar surface area (TPSA) is 122 Å². The Bertz CT molecular complexity index is 1050. The third-order valence-corrected chi connectivity index (χ3v) is 5.94. The summed E-state index contributed by atoms with van der Waals surface area (Å²) < 4.78 is 14.5. The lowest BCUT2D eigenvalue weighted by Crippen LogP contribution is -2.41. The predicted molar refractivity (Wildman–Crippen MR) is 101 cm³/mol. The number of aromatic nitrogens is 2. The number of fused-ring (bicyclic) bond motifs is 1. The zero-order valence-electron chi connectivity index (χ0n) is 14.4. The molecular weight excluding hydrogens is 369 g/mol. The number of imidazole rings is 1. The van der Waals surface area contributed by atoms with Crippen LogP contribution in [0.5, 0.6) is 0 Å². The van der Waals surface area contributed by atoms with Gasteiger partial charge in [0.1, 0.15) is 12.6 Å². The van der Waals surface area contributed by atoms with Crippen LogP contribution in [0.15, 0.2) is 54.6 Å². The van der Waals surface area contributed by atoms with E-state index in [4.69, 9.17) is 5.11 Å². The van der Waals surface area contributed by atoms with Crippen LogP contribution in [0.4, 0.5) is 0 Å². The molecule has 3 N–H and O–H groups in total. The average Bonchev–Trinajstić information content (AvgIpc) is 3.01. The van der Waals surface area contributed by atoms with Gasteiger partial charge in [-0.3, -0.25) is 14.2 Å². The van der Waals surface area contributed by atoms with Gasteiger partial charge >= 0.3 is 5.97 Å². The molecule has 1 heterocycles. The number of carbonyl (C=O) groups excluding carboxylic acids is 1. The molecule has 0 saturated heterocycles. The van der Waals surface area contributed by atoms with Gasteiger partial charge in [-0.15, -0.1) is 0 Å². The number of carboxylic acids is 1. The number of nitrogens with zero attached hydrogens (tertiary/aromatic N) is 2. The highest BCUT2D eigenvalue weighted by atomic mass is 31.2. The van der Waals surface area contributed by atoms with Gasteiger partial charge in [0.15, 0.2) is 0 Å². The lowest BCUT2D eigenvalue weighted by Gasteiger charge is -2.15. The minimum absolute atomic E-state index is 0.131. The van der Waals surface area contributed by atoms with Crippen LogP contribution in [-0.4, -0.2) is 37.5 Å². The zero-order chi connectivity index (χ0) is 19.6. The van der Waals surface area contributed by atoms with E-state index < -0.39 is 25.3 Å². The zero-order valence-corrected chi connectivity index (χ0v) is 15.3. The Morgan fingerprint density at radius 2 is 1.78 bits per heavy atom. The largest absolute Gasteiger partial charge is 0.480 e. The lowest BCUT2D eigenvalue weighted by molar-refractivity contribution is -0.141. The Hall–Kier alpha value is -2.96. The van der Waals surface area contributed by atoms with Crippen LogP contribution in [0.1, 0.15) is 6.92 Å². The molecule has 2 atom stereocenters. The summed E-state index contributed by atoms with van der Waals surface area (Å²) in [7, 11) is -4.06. The molecule has 0 bridgehead atoms. The van der Waals surface area contributed by atoms with Crippen LogP contribution in [0.25, 0.3) is 11.0 Å². The molecule has 1 amide bonds. The Balaban J connectivity index is 2.06. The number of para-hydroxylation sites is 2. The van der Waals surface area contributed by atoms with Crippen molar-refractivity contribution in [3.05, 3.63) is 54.6 Å². The molecule has 0 saturated carbocycles. The first-order valence-electron chi connectivity index (χ1n) is 8.17. The number of aliphatic carboxylic acids is 1. The molecule has 3 rings (SSSR count). The van der Waals surface area contributed by atoms with Crippen molar-refractivity contribution >= 4 is 41.1 Å². The lowest BCUT2D eigenvalue weighted by atomic mass is 10.3. The summed E-state index contributed by atoms with van der Waals surface area (Å²) in [6, 6.07) is 13.8. The summed E-state index contributed by atoms with van der Waals surface area (Å²) in [5.74, 6) is -1.77. The standard InChI is InChI=1S/C18H18N3O5P/c1-12(17(23)24)19-16(22)11-21-15-10-6-5-9-14(15)20-18(21)27(25,26)13-7-3-2-4-8-13/h2-10,12H,11H2,1H3,(H,19,22)(H,23,24)(H,25,26). The predicted octanol–water partition coefficient (Wildman–Crippen LogP) is 0.847. The minimum Gasteiger partial charge on any atom is -0.480 e. The number of hydrogen-bond donors (Lipinski definition) is 3. The normalized spacial score (nSPS) is 14.4. The molecule has 0 aliphatic heterocycles. The first kappa shape index (κ1) is 18.8. The monoisotopic (exact) mass is 387 g/mol. The van der Waals surface area contributed by atoms with E-state index in [1.54, 1.807) is 42.5 Å². The van der Waals surface area contributed by atoms with Crippen LogP contribution in [0.2, 0.25) is 0 Å². The van der Waals surface area contributed by atoms with Gasteiger partial charge in [-0.1, -0.05) is 30.3 Å². The molecule has 2 aromatic carbocycles. The second kappa shape index (κ2) is 7.34. The van der Waals surface area contributed by atoms with Gasteiger partial charge in [0.2, 0.25) is 11.5 Å². The molecule has 8 nitrogen and oxygen atoms in total. The van der Waals surface area contributed by atoms with Crippen molar-refractivity contribution in [2.24, 2.45) is 0 Å². The number of carboxylic acid groups (broad SMARTS) is 1. The van der Waals surface area contributed by atoms with Crippen molar-refractivity contribution in [3.63, 3.8) is 0 Å².